The van der Waals surface area contributed by atoms with Crippen molar-refractivity contribution in [1.29, 1.82) is 0 Å². The number of piperazine rings is 1. The Hall–Kier alpha value is -3.14. The monoisotopic (exact) mass is 515 g/mol. The summed E-state index contributed by atoms with van der Waals surface area (Å²) in [6, 6.07) is 12.3. The molecule has 0 radical (unpaired) electrons. The molecule has 1 unspecified atom stereocenters. The van der Waals surface area contributed by atoms with Gasteiger partial charge in [-0.15, -0.1) is 10.2 Å². The maximum atomic E-state index is 13.2. The van der Waals surface area contributed by atoms with Crippen LogP contribution in [0.2, 0.25) is 0 Å². The SMILES string of the molecule is CC(C)Cn1c(SCC(=O)N2CCN(c3ccc(F)cc3)CC2)nnc1C(C)Oc1ccc(F)cc1. The lowest BCUT2D eigenvalue weighted by molar-refractivity contribution is -0.128. The van der Waals surface area contributed by atoms with Gasteiger partial charge in [-0.25, -0.2) is 8.78 Å². The quantitative estimate of drug-likeness (QED) is 0.382. The van der Waals surface area contributed by atoms with Crippen molar-refractivity contribution in [1.82, 2.24) is 19.7 Å². The molecule has 1 aromatic heterocycles. The van der Waals surface area contributed by atoms with Gasteiger partial charge in [-0.05, 0) is 61.4 Å². The zero-order valence-corrected chi connectivity index (χ0v) is 21.5. The fraction of sp³-hybridized carbons (Fsp3) is 0.423. The molecule has 1 aliphatic heterocycles. The molecular weight excluding hydrogens is 484 g/mol. The summed E-state index contributed by atoms with van der Waals surface area (Å²) in [5.74, 6) is 1.29. The standard InChI is InChI=1S/C26H31F2N5O2S/c1-18(2)16-33-25(19(3)35-23-10-6-21(28)7-11-23)29-30-26(33)36-17-24(34)32-14-12-31(13-15-32)22-8-4-20(27)5-9-22/h4-11,18-19H,12-17H2,1-3H3. The number of rotatable bonds is 9. The first kappa shape index (κ1) is 25.9. The van der Waals surface area contributed by atoms with E-state index in [9.17, 15) is 13.6 Å². The number of thioether (sulfide) groups is 1. The molecule has 1 aliphatic rings. The maximum Gasteiger partial charge on any atom is 0.233 e. The molecule has 36 heavy (non-hydrogen) atoms. The van der Waals surface area contributed by atoms with Gasteiger partial charge in [-0.1, -0.05) is 25.6 Å². The van der Waals surface area contributed by atoms with E-state index in [4.69, 9.17) is 4.74 Å². The number of aromatic nitrogens is 3. The molecule has 0 N–H and O–H groups in total. The minimum Gasteiger partial charge on any atom is -0.483 e. The highest BCUT2D eigenvalue weighted by molar-refractivity contribution is 7.99. The normalized spacial score (nSPS) is 14.8. The summed E-state index contributed by atoms with van der Waals surface area (Å²) >= 11 is 1.37. The number of amides is 1. The molecule has 0 spiro atoms. The van der Waals surface area contributed by atoms with Crippen molar-refractivity contribution in [2.24, 2.45) is 5.92 Å². The fourth-order valence-electron chi connectivity index (χ4n) is 4.10. The highest BCUT2D eigenvalue weighted by atomic mass is 32.2. The van der Waals surface area contributed by atoms with Gasteiger partial charge < -0.3 is 19.1 Å². The Labute approximate surface area is 214 Å². The third kappa shape index (κ3) is 6.54. The molecule has 3 aromatic rings. The summed E-state index contributed by atoms with van der Waals surface area (Å²) in [4.78, 5) is 16.9. The van der Waals surface area contributed by atoms with Crippen molar-refractivity contribution in [3.63, 3.8) is 0 Å². The minimum atomic E-state index is -0.397. The molecule has 192 valence electrons. The van der Waals surface area contributed by atoms with Crippen LogP contribution in [0.4, 0.5) is 14.5 Å². The lowest BCUT2D eigenvalue weighted by Crippen LogP contribution is -2.49. The van der Waals surface area contributed by atoms with E-state index >= 15 is 0 Å². The van der Waals surface area contributed by atoms with Crippen LogP contribution in [0, 0.1) is 17.6 Å². The van der Waals surface area contributed by atoms with Gasteiger partial charge in [0.1, 0.15) is 17.4 Å². The Balaban J connectivity index is 1.35. The van der Waals surface area contributed by atoms with Crippen LogP contribution in [0.3, 0.4) is 0 Å². The largest absolute Gasteiger partial charge is 0.483 e. The molecule has 0 aliphatic carbocycles. The van der Waals surface area contributed by atoms with Crippen LogP contribution in [0.25, 0.3) is 0 Å². The number of hydrogen-bond acceptors (Lipinski definition) is 6. The molecular formula is C26H31F2N5O2S. The highest BCUT2D eigenvalue weighted by Gasteiger charge is 2.24. The van der Waals surface area contributed by atoms with Gasteiger partial charge in [0, 0.05) is 38.4 Å². The number of benzene rings is 2. The average molecular weight is 516 g/mol. The van der Waals surface area contributed by atoms with Gasteiger partial charge >= 0.3 is 0 Å². The zero-order chi connectivity index (χ0) is 25.7. The summed E-state index contributed by atoms with van der Waals surface area (Å²) in [6.45, 7) is 9.41. The molecule has 2 aromatic carbocycles. The van der Waals surface area contributed by atoms with Crippen molar-refractivity contribution in [2.75, 3.05) is 36.8 Å². The van der Waals surface area contributed by atoms with Crippen molar-refractivity contribution < 1.29 is 18.3 Å². The molecule has 7 nitrogen and oxygen atoms in total. The first-order valence-corrected chi connectivity index (χ1v) is 13.0. The second kappa shape index (κ2) is 11.7. The molecule has 1 saturated heterocycles. The van der Waals surface area contributed by atoms with Crippen LogP contribution in [0.5, 0.6) is 5.75 Å². The van der Waals surface area contributed by atoms with E-state index in [1.54, 1.807) is 24.3 Å². The van der Waals surface area contributed by atoms with E-state index in [0.29, 0.717) is 55.4 Å². The summed E-state index contributed by atoms with van der Waals surface area (Å²) in [7, 11) is 0. The number of carbonyl (C=O) groups is 1. The smallest absolute Gasteiger partial charge is 0.233 e. The van der Waals surface area contributed by atoms with Crippen LogP contribution in [0.1, 0.15) is 32.7 Å². The van der Waals surface area contributed by atoms with E-state index < -0.39 is 6.10 Å². The van der Waals surface area contributed by atoms with Crippen molar-refractivity contribution in [3.8, 4) is 5.75 Å². The average Bonchev–Trinajstić information content (AvgIpc) is 3.26. The number of nitrogens with zero attached hydrogens (tertiary/aromatic N) is 5. The third-order valence-corrected chi connectivity index (χ3v) is 6.88. The second-order valence-electron chi connectivity index (χ2n) is 9.19. The van der Waals surface area contributed by atoms with Crippen molar-refractivity contribution in [2.45, 2.75) is 38.6 Å². The van der Waals surface area contributed by atoms with Gasteiger partial charge in [0.15, 0.2) is 17.1 Å². The molecule has 1 atom stereocenters. The van der Waals surface area contributed by atoms with E-state index in [1.165, 1.54) is 36.0 Å². The van der Waals surface area contributed by atoms with Crippen LogP contribution < -0.4 is 9.64 Å². The van der Waals surface area contributed by atoms with Gasteiger partial charge in [0.05, 0.1) is 5.75 Å². The molecule has 4 rings (SSSR count). The number of ether oxygens (including phenoxy) is 1. The predicted molar refractivity (Wildman–Crippen MR) is 136 cm³/mol. The van der Waals surface area contributed by atoms with E-state index in [-0.39, 0.29) is 23.3 Å². The van der Waals surface area contributed by atoms with Gasteiger partial charge in [0.25, 0.3) is 0 Å². The van der Waals surface area contributed by atoms with Crippen LogP contribution in [-0.2, 0) is 11.3 Å². The Morgan fingerprint density at radius 1 is 0.944 bits per heavy atom. The molecule has 1 fully saturated rings. The Bertz CT molecular complexity index is 1150. The number of halogens is 2. The van der Waals surface area contributed by atoms with E-state index in [2.05, 4.69) is 28.9 Å². The zero-order valence-electron chi connectivity index (χ0n) is 20.7. The Morgan fingerprint density at radius 2 is 1.56 bits per heavy atom. The predicted octanol–water partition coefficient (Wildman–Crippen LogP) is 4.79. The summed E-state index contributed by atoms with van der Waals surface area (Å²) < 4.78 is 34.4. The highest BCUT2D eigenvalue weighted by Crippen LogP contribution is 2.26. The Kier molecular flexibility index (Phi) is 8.45. The fourth-order valence-corrected chi connectivity index (χ4v) is 4.96. The minimum absolute atomic E-state index is 0.0509. The van der Waals surface area contributed by atoms with Crippen LogP contribution in [0.15, 0.2) is 53.7 Å². The second-order valence-corrected chi connectivity index (χ2v) is 10.1. The molecule has 0 bridgehead atoms. The van der Waals surface area contributed by atoms with Crippen LogP contribution >= 0.6 is 11.8 Å². The summed E-state index contributed by atoms with van der Waals surface area (Å²) in [5.41, 5.74) is 0.962. The number of hydrogen-bond donors (Lipinski definition) is 0. The lowest BCUT2D eigenvalue weighted by atomic mass is 10.2. The molecule has 0 saturated carbocycles. The van der Waals surface area contributed by atoms with Crippen molar-refractivity contribution >= 4 is 23.4 Å². The maximum absolute atomic E-state index is 13.2. The van der Waals surface area contributed by atoms with Gasteiger partial charge in [-0.3, -0.25) is 4.79 Å². The summed E-state index contributed by atoms with van der Waals surface area (Å²) in [6.07, 6.45) is -0.397. The van der Waals surface area contributed by atoms with Gasteiger partial charge in [-0.2, -0.15) is 0 Å². The summed E-state index contributed by atoms with van der Waals surface area (Å²) in [5, 5.41) is 9.38. The van der Waals surface area contributed by atoms with Gasteiger partial charge in [0.2, 0.25) is 5.91 Å². The first-order valence-electron chi connectivity index (χ1n) is 12.1. The first-order chi connectivity index (χ1) is 17.3. The van der Waals surface area contributed by atoms with Crippen LogP contribution in [-0.4, -0.2) is 57.5 Å². The molecule has 2 heterocycles. The lowest BCUT2D eigenvalue weighted by Gasteiger charge is -2.36. The van der Waals surface area contributed by atoms with E-state index in [1.807, 2.05) is 16.4 Å². The third-order valence-electron chi connectivity index (χ3n) is 5.93. The van der Waals surface area contributed by atoms with Crippen molar-refractivity contribution in [3.05, 3.63) is 66.0 Å². The topological polar surface area (TPSA) is 63.5 Å². The Morgan fingerprint density at radius 3 is 2.17 bits per heavy atom. The number of anilines is 1. The number of carbonyl (C=O) groups excluding carboxylic acids is 1. The molecule has 1 amide bonds. The molecule has 10 heteroatoms. The van der Waals surface area contributed by atoms with E-state index in [0.717, 1.165) is 5.69 Å².